The monoisotopic (exact) mass is 452 g/mol. The van der Waals surface area contributed by atoms with Crippen LogP contribution in [0.1, 0.15) is 55.7 Å². The highest BCUT2D eigenvalue weighted by molar-refractivity contribution is 6.05. The number of aromatic nitrogens is 3. The average Bonchev–Trinajstić information content (AvgIpc) is 3.24. The molecule has 0 saturated carbocycles. The van der Waals surface area contributed by atoms with Crippen molar-refractivity contribution in [1.29, 1.82) is 0 Å². The summed E-state index contributed by atoms with van der Waals surface area (Å²) in [6.07, 6.45) is 1.75. The first kappa shape index (κ1) is 23.2. The summed E-state index contributed by atoms with van der Waals surface area (Å²) in [5.74, 6) is -0.0805. The van der Waals surface area contributed by atoms with Gasteiger partial charge in [-0.1, -0.05) is 13.8 Å². The molecule has 0 atom stereocenters. The number of hydrogen-bond donors (Lipinski definition) is 1. The number of piperazine rings is 1. The number of nitrogens with zero attached hydrogens (tertiary/aromatic N) is 5. The Balaban J connectivity index is 1.36. The average molecular weight is 453 g/mol. The maximum Gasteiger partial charge on any atom is 0.252 e. The summed E-state index contributed by atoms with van der Waals surface area (Å²) in [5, 5.41) is 8.35. The number of pyridine rings is 1. The Kier molecular flexibility index (Phi) is 6.93. The third-order valence-electron chi connectivity index (χ3n) is 6.19. The van der Waals surface area contributed by atoms with Crippen LogP contribution in [0.3, 0.4) is 0 Å². The van der Waals surface area contributed by atoms with Crippen LogP contribution < -0.4 is 10.2 Å². The van der Waals surface area contributed by atoms with Crippen molar-refractivity contribution in [3.8, 4) is 0 Å². The molecule has 1 N–H and O–H groups in total. The number of halogens is 1. The van der Waals surface area contributed by atoms with E-state index in [0.29, 0.717) is 12.1 Å². The van der Waals surface area contributed by atoms with Crippen LogP contribution in [-0.4, -0.2) is 64.8 Å². The van der Waals surface area contributed by atoms with Gasteiger partial charge in [0.05, 0.1) is 17.1 Å². The molecular weight excluding hydrogens is 419 g/mol. The lowest BCUT2D eigenvalue weighted by molar-refractivity contribution is 0.0949. The van der Waals surface area contributed by atoms with Crippen molar-refractivity contribution in [2.75, 3.05) is 44.2 Å². The normalized spacial score (nSPS) is 15.1. The minimum absolute atomic E-state index is 0.0856. The highest BCUT2D eigenvalue weighted by Crippen LogP contribution is 2.24. The maximum absolute atomic E-state index is 13.2. The highest BCUT2D eigenvalue weighted by atomic mass is 19.1. The van der Waals surface area contributed by atoms with E-state index in [1.807, 2.05) is 22.9 Å². The summed E-state index contributed by atoms with van der Waals surface area (Å²) < 4.78 is 15.0. The predicted molar refractivity (Wildman–Crippen MR) is 129 cm³/mol. The summed E-state index contributed by atoms with van der Waals surface area (Å²) in [6.45, 7) is 13.2. The second-order valence-corrected chi connectivity index (χ2v) is 9.23. The SMILES string of the molecule is CC(C)c1cc(C(=O)NCCN2CCN(c3ccc(F)cc3)CC2)c2cnn(C(C)C)c2n1. The van der Waals surface area contributed by atoms with E-state index in [1.165, 1.54) is 12.1 Å². The van der Waals surface area contributed by atoms with Crippen LogP contribution in [0.4, 0.5) is 10.1 Å². The van der Waals surface area contributed by atoms with Gasteiger partial charge in [-0.15, -0.1) is 0 Å². The number of nitrogens with one attached hydrogen (secondary N) is 1. The Morgan fingerprint density at radius 2 is 1.79 bits per heavy atom. The Morgan fingerprint density at radius 1 is 1.09 bits per heavy atom. The molecule has 1 aromatic carbocycles. The molecule has 1 amide bonds. The van der Waals surface area contributed by atoms with Gasteiger partial charge in [0.1, 0.15) is 5.82 Å². The van der Waals surface area contributed by atoms with Crippen LogP contribution in [0, 0.1) is 5.82 Å². The largest absolute Gasteiger partial charge is 0.369 e. The third-order valence-corrected chi connectivity index (χ3v) is 6.19. The number of carbonyl (C=O) groups is 1. The zero-order valence-electron chi connectivity index (χ0n) is 19.9. The molecule has 0 unspecified atom stereocenters. The minimum atomic E-state index is -0.211. The van der Waals surface area contributed by atoms with E-state index in [2.05, 4.69) is 47.9 Å². The van der Waals surface area contributed by atoms with Crippen molar-refractivity contribution in [3.63, 3.8) is 0 Å². The van der Waals surface area contributed by atoms with E-state index in [1.54, 1.807) is 6.20 Å². The van der Waals surface area contributed by atoms with Gasteiger partial charge in [-0.05, 0) is 50.1 Å². The molecule has 1 fully saturated rings. The fraction of sp³-hybridized carbons (Fsp3) is 0.480. The van der Waals surface area contributed by atoms with E-state index in [9.17, 15) is 9.18 Å². The lowest BCUT2D eigenvalue weighted by Crippen LogP contribution is -2.48. The van der Waals surface area contributed by atoms with Crippen molar-refractivity contribution in [2.24, 2.45) is 0 Å². The van der Waals surface area contributed by atoms with Gasteiger partial charge < -0.3 is 10.2 Å². The molecule has 3 aromatic rings. The number of hydrogen-bond acceptors (Lipinski definition) is 5. The van der Waals surface area contributed by atoms with Gasteiger partial charge in [0.25, 0.3) is 5.91 Å². The Hall–Kier alpha value is -3.00. The molecule has 0 bridgehead atoms. The van der Waals surface area contributed by atoms with Crippen molar-refractivity contribution in [2.45, 2.75) is 39.7 Å². The van der Waals surface area contributed by atoms with Crippen LogP contribution in [0.15, 0.2) is 36.5 Å². The molecular formula is C25H33FN6O. The van der Waals surface area contributed by atoms with Crippen LogP contribution in [0.25, 0.3) is 11.0 Å². The number of anilines is 1. The van der Waals surface area contributed by atoms with Crippen LogP contribution in [0.5, 0.6) is 0 Å². The van der Waals surface area contributed by atoms with Crippen molar-refractivity contribution < 1.29 is 9.18 Å². The van der Waals surface area contributed by atoms with Crippen molar-refractivity contribution >= 4 is 22.6 Å². The van der Waals surface area contributed by atoms with Crippen LogP contribution >= 0.6 is 0 Å². The summed E-state index contributed by atoms with van der Waals surface area (Å²) in [7, 11) is 0. The fourth-order valence-corrected chi connectivity index (χ4v) is 4.20. The van der Waals surface area contributed by atoms with Crippen LogP contribution in [-0.2, 0) is 0 Å². The second kappa shape index (κ2) is 9.87. The predicted octanol–water partition coefficient (Wildman–Crippen LogP) is 3.83. The summed E-state index contributed by atoms with van der Waals surface area (Å²) in [6, 6.07) is 8.73. The molecule has 0 radical (unpaired) electrons. The molecule has 7 nitrogen and oxygen atoms in total. The van der Waals surface area contributed by atoms with Crippen molar-refractivity contribution in [1.82, 2.24) is 25.0 Å². The first-order valence-electron chi connectivity index (χ1n) is 11.7. The molecule has 176 valence electrons. The molecule has 1 aliphatic rings. The molecule has 1 aliphatic heterocycles. The number of fused-ring (bicyclic) bond motifs is 1. The van der Waals surface area contributed by atoms with Gasteiger partial charge in [-0.2, -0.15) is 5.10 Å². The molecule has 8 heteroatoms. The number of amides is 1. The molecule has 4 rings (SSSR count). The van der Waals surface area contributed by atoms with Gasteiger partial charge in [-0.25, -0.2) is 14.1 Å². The van der Waals surface area contributed by atoms with E-state index in [4.69, 9.17) is 4.98 Å². The number of carbonyl (C=O) groups excluding carboxylic acids is 1. The Morgan fingerprint density at radius 3 is 2.42 bits per heavy atom. The van der Waals surface area contributed by atoms with Gasteiger partial charge >= 0.3 is 0 Å². The quantitative estimate of drug-likeness (QED) is 0.590. The van der Waals surface area contributed by atoms with Gasteiger partial charge in [0, 0.05) is 56.7 Å². The number of rotatable bonds is 7. The molecule has 2 aromatic heterocycles. The molecule has 0 spiro atoms. The van der Waals surface area contributed by atoms with Gasteiger partial charge in [0.2, 0.25) is 0 Å². The first-order valence-corrected chi connectivity index (χ1v) is 11.7. The van der Waals surface area contributed by atoms with E-state index in [-0.39, 0.29) is 23.7 Å². The summed E-state index contributed by atoms with van der Waals surface area (Å²) in [5.41, 5.74) is 3.34. The lowest BCUT2D eigenvalue weighted by atomic mass is 10.0. The number of benzene rings is 1. The zero-order chi connectivity index (χ0) is 23.5. The first-order chi connectivity index (χ1) is 15.8. The zero-order valence-corrected chi connectivity index (χ0v) is 19.9. The Labute approximate surface area is 194 Å². The maximum atomic E-state index is 13.2. The Bertz CT molecular complexity index is 1100. The molecule has 0 aliphatic carbocycles. The van der Waals surface area contributed by atoms with E-state index in [0.717, 1.165) is 55.1 Å². The van der Waals surface area contributed by atoms with Crippen molar-refractivity contribution in [3.05, 3.63) is 53.6 Å². The van der Waals surface area contributed by atoms with E-state index < -0.39 is 0 Å². The third kappa shape index (κ3) is 5.16. The fourth-order valence-electron chi connectivity index (χ4n) is 4.20. The highest BCUT2D eigenvalue weighted by Gasteiger charge is 2.20. The van der Waals surface area contributed by atoms with Crippen LogP contribution in [0.2, 0.25) is 0 Å². The standard InChI is InChI=1S/C25H33FN6O/c1-17(2)23-15-21(22-16-28-32(18(3)4)24(22)29-23)25(33)27-9-10-30-11-13-31(14-12-30)20-7-5-19(26)6-8-20/h5-8,15-18H,9-14H2,1-4H3,(H,27,33). The van der Waals surface area contributed by atoms with E-state index >= 15 is 0 Å². The molecule has 3 heterocycles. The van der Waals surface area contributed by atoms with Gasteiger partial charge in [-0.3, -0.25) is 9.69 Å². The topological polar surface area (TPSA) is 66.3 Å². The summed E-state index contributed by atoms with van der Waals surface area (Å²) in [4.78, 5) is 22.5. The minimum Gasteiger partial charge on any atom is -0.369 e. The molecule has 1 saturated heterocycles. The molecule has 33 heavy (non-hydrogen) atoms. The summed E-state index contributed by atoms with van der Waals surface area (Å²) >= 11 is 0. The van der Waals surface area contributed by atoms with Gasteiger partial charge in [0.15, 0.2) is 5.65 Å². The second-order valence-electron chi connectivity index (χ2n) is 9.23. The smallest absolute Gasteiger partial charge is 0.252 e. The lowest BCUT2D eigenvalue weighted by Gasteiger charge is -2.36.